The van der Waals surface area contributed by atoms with Gasteiger partial charge in [-0.2, -0.15) is 0 Å². The SMILES string of the molecule is Bc1c(B)c(B)c(-c2cc(-c3c4ccccc4c(-c4ccccc4)c4ccccc34)cc3c2OCC3)c(B)c1B. The molecule has 0 N–H and O–H groups in total. The first-order valence-corrected chi connectivity index (χ1v) is 14.3. The second kappa shape index (κ2) is 9.56. The number of hydrogen-bond donors (Lipinski definition) is 0. The van der Waals surface area contributed by atoms with Crippen LogP contribution in [0.2, 0.25) is 0 Å². The summed E-state index contributed by atoms with van der Waals surface area (Å²) in [6.45, 7) is 0.738. The van der Waals surface area contributed by atoms with Gasteiger partial charge >= 0.3 is 0 Å². The fourth-order valence-electron chi connectivity index (χ4n) is 6.90. The van der Waals surface area contributed by atoms with Crippen LogP contribution in [0.3, 0.4) is 0 Å². The number of benzene rings is 6. The Morgan fingerprint density at radius 2 is 0.950 bits per heavy atom. The maximum atomic E-state index is 6.35. The Balaban J connectivity index is 1.61. The Morgan fingerprint density at radius 1 is 0.475 bits per heavy atom. The van der Waals surface area contributed by atoms with E-state index in [1.165, 1.54) is 87.8 Å². The molecule has 0 unspecified atom stereocenters. The van der Waals surface area contributed by atoms with Crippen LogP contribution in [0.4, 0.5) is 0 Å². The standard InChI is InChI=1S/C34H29B5O/c35-29-28(30(36)32(38)33(39)31(29)37)25-17-20(16-19-14-15-40-34(19)25)27-23-12-6-4-10-21(23)26(18-8-2-1-3-9-18)22-11-5-7-13-24(22)27/h1-13,16-17H,14-15,35-39H2. The van der Waals surface area contributed by atoms with Gasteiger partial charge in [-0.05, 0) is 67.1 Å². The van der Waals surface area contributed by atoms with E-state index in [4.69, 9.17) is 4.74 Å². The molecular formula is C34H29B5O. The van der Waals surface area contributed by atoms with E-state index in [1.807, 2.05) is 0 Å². The van der Waals surface area contributed by atoms with E-state index in [0.717, 1.165) is 18.8 Å². The van der Waals surface area contributed by atoms with E-state index < -0.39 is 0 Å². The van der Waals surface area contributed by atoms with Crippen LogP contribution in [0.15, 0.2) is 91.0 Å². The van der Waals surface area contributed by atoms with Crippen molar-refractivity contribution in [1.29, 1.82) is 0 Å². The number of hydrogen-bond acceptors (Lipinski definition) is 1. The Hall–Kier alpha value is -4.04. The van der Waals surface area contributed by atoms with Crippen LogP contribution in [0.5, 0.6) is 5.75 Å². The molecule has 0 saturated heterocycles. The van der Waals surface area contributed by atoms with Crippen LogP contribution < -0.4 is 32.1 Å². The predicted octanol–water partition coefficient (Wildman–Crippen LogP) is 0.221. The Morgan fingerprint density at radius 3 is 1.50 bits per heavy atom. The fourth-order valence-corrected chi connectivity index (χ4v) is 6.90. The highest BCUT2D eigenvalue weighted by molar-refractivity contribution is 6.68. The summed E-state index contributed by atoms with van der Waals surface area (Å²) in [5.41, 5.74) is 15.8. The second-order valence-electron chi connectivity index (χ2n) is 11.3. The first kappa shape index (κ1) is 25.0. The van der Waals surface area contributed by atoms with Crippen molar-refractivity contribution in [1.82, 2.24) is 0 Å². The maximum Gasteiger partial charge on any atom is 0.139 e. The third-order valence-corrected chi connectivity index (χ3v) is 9.34. The third-order valence-electron chi connectivity index (χ3n) is 9.34. The summed E-state index contributed by atoms with van der Waals surface area (Å²) in [5, 5.41) is 5.15. The second-order valence-corrected chi connectivity index (χ2v) is 11.3. The molecule has 0 radical (unpaired) electrons. The molecule has 1 aliphatic heterocycles. The molecular weight excluding hydrogens is 478 g/mol. The molecule has 0 aromatic heterocycles. The molecule has 0 saturated carbocycles. The van der Waals surface area contributed by atoms with Gasteiger partial charge in [-0.3, -0.25) is 0 Å². The Kier molecular flexibility index (Phi) is 5.97. The molecule has 6 aromatic rings. The zero-order valence-electron chi connectivity index (χ0n) is 24.0. The molecule has 40 heavy (non-hydrogen) atoms. The molecule has 1 heterocycles. The van der Waals surface area contributed by atoms with Crippen LogP contribution >= 0.6 is 0 Å². The van der Waals surface area contributed by atoms with Gasteiger partial charge in [0, 0.05) is 12.0 Å². The van der Waals surface area contributed by atoms with Crippen molar-refractivity contribution in [3.05, 3.63) is 96.6 Å². The smallest absolute Gasteiger partial charge is 0.139 e. The lowest BCUT2D eigenvalue weighted by Gasteiger charge is -2.23. The predicted molar refractivity (Wildman–Crippen MR) is 188 cm³/mol. The van der Waals surface area contributed by atoms with Gasteiger partial charge in [0.15, 0.2) is 0 Å². The minimum Gasteiger partial charge on any atom is -0.492 e. The van der Waals surface area contributed by atoms with Gasteiger partial charge < -0.3 is 4.74 Å². The van der Waals surface area contributed by atoms with Crippen molar-refractivity contribution < 1.29 is 4.74 Å². The molecule has 0 atom stereocenters. The number of fused-ring (bicyclic) bond motifs is 3. The normalized spacial score (nSPS) is 12.5. The minimum absolute atomic E-state index is 0.738. The molecule has 6 heteroatoms. The highest BCUT2D eigenvalue weighted by Crippen LogP contribution is 2.46. The first-order valence-electron chi connectivity index (χ1n) is 14.3. The van der Waals surface area contributed by atoms with E-state index >= 15 is 0 Å². The van der Waals surface area contributed by atoms with Crippen molar-refractivity contribution in [3.8, 4) is 39.1 Å². The maximum absolute atomic E-state index is 6.35. The van der Waals surface area contributed by atoms with Gasteiger partial charge in [0.25, 0.3) is 0 Å². The molecule has 186 valence electrons. The van der Waals surface area contributed by atoms with Gasteiger partial charge in [-0.1, -0.05) is 89.8 Å². The summed E-state index contributed by atoms with van der Waals surface area (Å²) in [4.78, 5) is 0. The van der Waals surface area contributed by atoms with Crippen molar-refractivity contribution in [2.75, 3.05) is 6.61 Å². The average Bonchev–Trinajstić information content (AvgIpc) is 3.47. The van der Waals surface area contributed by atoms with Gasteiger partial charge in [-0.15, -0.1) is 16.4 Å². The van der Waals surface area contributed by atoms with Crippen molar-refractivity contribution in [2.24, 2.45) is 0 Å². The van der Waals surface area contributed by atoms with Crippen LogP contribution in [0.1, 0.15) is 5.56 Å². The summed E-state index contributed by atoms with van der Waals surface area (Å²) >= 11 is 0. The molecule has 0 bridgehead atoms. The molecule has 1 aliphatic rings. The van der Waals surface area contributed by atoms with Crippen molar-refractivity contribution >= 4 is 88.1 Å². The van der Waals surface area contributed by atoms with Crippen LogP contribution in [-0.4, -0.2) is 45.8 Å². The van der Waals surface area contributed by atoms with E-state index in [0.29, 0.717) is 0 Å². The lowest BCUT2D eigenvalue weighted by atomic mass is 9.59. The minimum atomic E-state index is 0.738. The molecule has 0 fully saturated rings. The Labute approximate surface area is 241 Å². The third kappa shape index (κ3) is 3.69. The van der Waals surface area contributed by atoms with E-state index in [-0.39, 0.29) is 0 Å². The summed E-state index contributed by atoms with van der Waals surface area (Å²) in [7, 11) is 11.3. The summed E-state index contributed by atoms with van der Waals surface area (Å²) < 4.78 is 6.35. The van der Waals surface area contributed by atoms with Gasteiger partial charge in [0.1, 0.15) is 45.0 Å². The highest BCUT2D eigenvalue weighted by atomic mass is 16.5. The monoisotopic (exact) mass is 508 g/mol. The largest absolute Gasteiger partial charge is 0.492 e. The lowest BCUT2D eigenvalue weighted by Crippen LogP contribution is -2.55. The molecule has 0 amide bonds. The average molecular weight is 508 g/mol. The highest BCUT2D eigenvalue weighted by Gasteiger charge is 2.25. The quantitative estimate of drug-likeness (QED) is 0.246. The lowest BCUT2D eigenvalue weighted by molar-refractivity contribution is 0.358. The molecule has 6 aromatic carbocycles. The van der Waals surface area contributed by atoms with Gasteiger partial charge in [-0.25, -0.2) is 0 Å². The van der Waals surface area contributed by atoms with Crippen molar-refractivity contribution in [2.45, 2.75) is 6.42 Å². The fraction of sp³-hybridized carbons (Fsp3) is 0.0588. The zero-order valence-corrected chi connectivity index (χ0v) is 24.0. The topological polar surface area (TPSA) is 9.23 Å². The molecule has 7 rings (SSSR count). The number of rotatable bonds is 3. The zero-order chi connectivity index (χ0) is 27.5. The van der Waals surface area contributed by atoms with E-state index in [9.17, 15) is 0 Å². The van der Waals surface area contributed by atoms with E-state index in [2.05, 4.69) is 130 Å². The summed E-state index contributed by atoms with van der Waals surface area (Å²) in [5.74, 6) is 1.06. The summed E-state index contributed by atoms with van der Waals surface area (Å²) in [6, 6.07) is 33.5. The van der Waals surface area contributed by atoms with Gasteiger partial charge in [0.2, 0.25) is 0 Å². The van der Waals surface area contributed by atoms with Gasteiger partial charge in [0.05, 0.1) is 6.61 Å². The van der Waals surface area contributed by atoms with Crippen LogP contribution in [-0.2, 0) is 6.42 Å². The van der Waals surface area contributed by atoms with E-state index in [1.54, 1.807) is 0 Å². The first-order chi connectivity index (χ1) is 19.5. The number of ether oxygens (including phenoxy) is 1. The molecule has 0 spiro atoms. The molecule has 1 nitrogen and oxygen atoms in total. The van der Waals surface area contributed by atoms with Crippen LogP contribution in [0.25, 0.3) is 54.9 Å². The molecule has 0 aliphatic carbocycles. The Bertz CT molecular complexity index is 1900. The van der Waals surface area contributed by atoms with Crippen molar-refractivity contribution in [3.63, 3.8) is 0 Å². The summed E-state index contributed by atoms with van der Waals surface area (Å²) in [6.07, 6.45) is 0.941. The van der Waals surface area contributed by atoms with Crippen LogP contribution in [0, 0.1) is 0 Å².